The highest BCUT2D eigenvalue weighted by atomic mass is 14.7. The number of hydrogen-bond donors (Lipinski definition) is 0. The van der Waals surface area contributed by atoms with E-state index in [4.69, 9.17) is 0 Å². The first-order valence-electron chi connectivity index (χ1n) is 6.30. The molecule has 0 aromatic carbocycles. The second kappa shape index (κ2) is 4.57. The van der Waals surface area contributed by atoms with Crippen molar-refractivity contribution in [3.63, 3.8) is 0 Å². The summed E-state index contributed by atoms with van der Waals surface area (Å²) in [5.41, 5.74) is 2.97. The fourth-order valence-corrected chi connectivity index (χ4v) is 1.58. The summed E-state index contributed by atoms with van der Waals surface area (Å²) in [6, 6.07) is 4.43. The summed E-state index contributed by atoms with van der Waals surface area (Å²) < 4.78 is 0. The lowest BCUT2D eigenvalue weighted by atomic mass is 9.81. The van der Waals surface area contributed by atoms with Crippen LogP contribution >= 0.6 is 0 Å². The lowest BCUT2D eigenvalue weighted by Crippen LogP contribution is -2.20. The second-order valence-electron chi connectivity index (χ2n) is 5.91. The maximum Gasteiger partial charge on any atom is 0.0459 e. The van der Waals surface area contributed by atoms with Gasteiger partial charge in [0, 0.05) is 17.3 Å². The molecular formula is C15H25N. The minimum absolute atomic E-state index is 0.189. The molecule has 0 fully saturated rings. The van der Waals surface area contributed by atoms with Gasteiger partial charge >= 0.3 is 0 Å². The van der Waals surface area contributed by atoms with Gasteiger partial charge < -0.3 is 0 Å². The molecule has 1 aromatic heterocycles. The summed E-state index contributed by atoms with van der Waals surface area (Å²) in [5, 5.41) is 0. The standard InChI is InChI=1S/C15H25N/c1-7-14(3,4)12-9-10-13(16-11-12)15(5,6)8-2/h9-11H,7-8H2,1-6H3. The molecule has 0 N–H and O–H groups in total. The Balaban J connectivity index is 3.00. The molecule has 0 saturated heterocycles. The maximum atomic E-state index is 4.64. The van der Waals surface area contributed by atoms with E-state index < -0.39 is 0 Å². The normalized spacial score (nSPS) is 12.9. The van der Waals surface area contributed by atoms with Gasteiger partial charge in [0.05, 0.1) is 0 Å². The van der Waals surface area contributed by atoms with E-state index in [1.165, 1.54) is 11.3 Å². The largest absolute Gasteiger partial charge is 0.260 e. The summed E-state index contributed by atoms with van der Waals surface area (Å²) in [6.45, 7) is 13.5. The van der Waals surface area contributed by atoms with Crippen molar-refractivity contribution in [3.05, 3.63) is 29.6 Å². The molecule has 0 bridgehead atoms. The molecule has 0 aliphatic rings. The number of pyridine rings is 1. The summed E-state index contributed by atoms with van der Waals surface area (Å²) in [4.78, 5) is 4.64. The van der Waals surface area contributed by atoms with E-state index in [2.05, 4.69) is 64.9 Å². The highest BCUT2D eigenvalue weighted by Crippen LogP contribution is 2.29. The zero-order valence-electron chi connectivity index (χ0n) is 11.6. The van der Waals surface area contributed by atoms with Crippen LogP contribution < -0.4 is 0 Å². The van der Waals surface area contributed by atoms with Crippen molar-refractivity contribution >= 4 is 0 Å². The van der Waals surface area contributed by atoms with Crippen molar-refractivity contribution in [2.75, 3.05) is 0 Å². The Bertz CT molecular complexity index is 298. The average molecular weight is 219 g/mol. The fraction of sp³-hybridized carbons (Fsp3) is 0.667. The summed E-state index contributed by atoms with van der Waals surface area (Å²) in [7, 11) is 0. The second-order valence-corrected chi connectivity index (χ2v) is 5.91. The number of nitrogens with zero attached hydrogens (tertiary/aromatic N) is 1. The van der Waals surface area contributed by atoms with Crippen LogP contribution in [0.5, 0.6) is 0 Å². The Labute approximate surface area is 100 Å². The first kappa shape index (κ1) is 13.2. The van der Waals surface area contributed by atoms with Crippen molar-refractivity contribution in [2.45, 2.75) is 65.2 Å². The first-order chi connectivity index (χ1) is 7.33. The SMILES string of the molecule is CCC(C)(C)c1ccc(C(C)(C)CC)nc1. The molecular weight excluding hydrogens is 194 g/mol. The van der Waals surface area contributed by atoms with Gasteiger partial charge in [-0.1, -0.05) is 47.6 Å². The molecule has 0 radical (unpaired) electrons. The average Bonchev–Trinajstić information content (AvgIpc) is 2.29. The predicted molar refractivity (Wildman–Crippen MR) is 70.9 cm³/mol. The van der Waals surface area contributed by atoms with Gasteiger partial charge in [-0.15, -0.1) is 0 Å². The van der Waals surface area contributed by atoms with E-state index in [0.717, 1.165) is 12.8 Å². The van der Waals surface area contributed by atoms with Crippen molar-refractivity contribution in [1.82, 2.24) is 4.98 Å². The molecule has 0 spiro atoms. The van der Waals surface area contributed by atoms with Gasteiger partial charge in [0.2, 0.25) is 0 Å². The van der Waals surface area contributed by atoms with Gasteiger partial charge in [-0.3, -0.25) is 4.98 Å². The summed E-state index contributed by atoms with van der Waals surface area (Å²) in [6.07, 6.45) is 4.32. The minimum Gasteiger partial charge on any atom is -0.260 e. The maximum absolute atomic E-state index is 4.64. The van der Waals surface area contributed by atoms with Crippen LogP contribution in [0, 0.1) is 0 Å². The first-order valence-corrected chi connectivity index (χ1v) is 6.30. The van der Waals surface area contributed by atoms with Crippen LogP contribution in [0.1, 0.15) is 65.6 Å². The van der Waals surface area contributed by atoms with Crippen LogP contribution in [0.15, 0.2) is 18.3 Å². The van der Waals surface area contributed by atoms with E-state index in [-0.39, 0.29) is 10.8 Å². The molecule has 0 atom stereocenters. The van der Waals surface area contributed by atoms with Crippen LogP contribution in [0.3, 0.4) is 0 Å². The molecule has 1 rings (SSSR count). The Morgan fingerprint density at radius 2 is 1.50 bits per heavy atom. The minimum atomic E-state index is 0.189. The lowest BCUT2D eigenvalue weighted by molar-refractivity contribution is 0.481. The van der Waals surface area contributed by atoms with Gasteiger partial charge in [-0.05, 0) is 29.9 Å². The molecule has 90 valence electrons. The molecule has 1 aromatic rings. The number of aromatic nitrogens is 1. The molecule has 0 unspecified atom stereocenters. The summed E-state index contributed by atoms with van der Waals surface area (Å²) in [5.74, 6) is 0. The zero-order valence-corrected chi connectivity index (χ0v) is 11.6. The zero-order chi connectivity index (χ0) is 12.4. The Morgan fingerprint density at radius 3 is 1.88 bits per heavy atom. The Morgan fingerprint density at radius 1 is 0.938 bits per heavy atom. The van der Waals surface area contributed by atoms with E-state index in [9.17, 15) is 0 Å². The monoisotopic (exact) mass is 219 g/mol. The number of hydrogen-bond acceptors (Lipinski definition) is 1. The van der Waals surface area contributed by atoms with E-state index in [1.54, 1.807) is 0 Å². The van der Waals surface area contributed by atoms with Crippen LogP contribution in [0.2, 0.25) is 0 Å². The molecule has 0 aliphatic heterocycles. The smallest absolute Gasteiger partial charge is 0.0459 e. The topological polar surface area (TPSA) is 12.9 Å². The third-order valence-electron chi connectivity index (χ3n) is 4.01. The fourth-order valence-electron chi connectivity index (χ4n) is 1.58. The van der Waals surface area contributed by atoms with Gasteiger partial charge in [0.15, 0.2) is 0 Å². The summed E-state index contributed by atoms with van der Waals surface area (Å²) >= 11 is 0. The molecule has 1 heteroatoms. The van der Waals surface area contributed by atoms with Gasteiger partial charge in [0.1, 0.15) is 0 Å². The van der Waals surface area contributed by atoms with E-state index in [0.29, 0.717) is 0 Å². The third kappa shape index (κ3) is 2.63. The van der Waals surface area contributed by atoms with Crippen molar-refractivity contribution in [2.24, 2.45) is 0 Å². The van der Waals surface area contributed by atoms with E-state index >= 15 is 0 Å². The van der Waals surface area contributed by atoms with Crippen molar-refractivity contribution in [3.8, 4) is 0 Å². The molecule has 0 saturated carbocycles. The van der Waals surface area contributed by atoms with E-state index in [1.807, 2.05) is 0 Å². The molecule has 0 amide bonds. The van der Waals surface area contributed by atoms with Gasteiger partial charge in [-0.2, -0.15) is 0 Å². The van der Waals surface area contributed by atoms with Crippen LogP contribution in [-0.2, 0) is 10.8 Å². The van der Waals surface area contributed by atoms with Crippen molar-refractivity contribution in [1.29, 1.82) is 0 Å². The number of rotatable bonds is 4. The molecule has 1 heterocycles. The predicted octanol–water partition coefficient (Wildman–Crippen LogP) is 4.46. The Hall–Kier alpha value is -0.850. The molecule has 16 heavy (non-hydrogen) atoms. The quantitative estimate of drug-likeness (QED) is 0.728. The van der Waals surface area contributed by atoms with Gasteiger partial charge in [-0.25, -0.2) is 0 Å². The Kier molecular flexibility index (Phi) is 3.77. The van der Waals surface area contributed by atoms with Gasteiger partial charge in [0.25, 0.3) is 0 Å². The molecule has 1 nitrogen and oxygen atoms in total. The van der Waals surface area contributed by atoms with Crippen LogP contribution in [-0.4, -0.2) is 4.98 Å². The third-order valence-corrected chi connectivity index (χ3v) is 4.01. The van der Waals surface area contributed by atoms with Crippen LogP contribution in [0.4, 0.5) is 0 Å². The highest BCUT2D eigenvalue weighted by Gasteiger charge is 2.22. The highest BCUT2D eigenvalue weighted by molar-refractivity contribution is 5.25. The van der Waals surface area contributed by atoms with Crippen LogP contribution in [0.25, 0.3) is 0 Å². The van der Waals surface area contributed by atoms with Crippen molar-refractivity contribution < 1.29 is 0 Å². The lowest BCUT2D eigenvalue weighted by Gasteiger charge is -2.26. The molecule has 0 aliphatic carbocycles.